The van der Waals surface area contributed by atoms with Crippen molar-refractivity contribution < 1.29 is 4.92 Å². The lowest BCUT2D eigenvalue weighted by Gasteiger charge is -2.38. The number of nitro groups is 1. The highest BCUT2D eigenvalue weighted by Gasteiger charge is 2.40. The van der Waals surface area contributed by atoms with Gasteiger partial charge in [-0.2, -0.15) is 0 Å². The Morgan fingerprint density at radius 3 is 2.56 bits per heavy atom. The van der Waals surface area contributed by atoms with Gasteiger partial charge < -0.3 is 4.90 Å². The number of para-hydroxylation sites is 1. The van der Waals surface area contributed by atoms with E-state index in [0.717, 1.165) is 11.3 Å². The lowest BCUT2D eigenvalue weighted by Crippen LogP contribution is -2.47. The van der Waals surface area contributed by atoms with Gasteiger partial charge in [-0.15, -0.1) is 0 Å². The molecule has 2 rings (SSSR count). The molecule has 0 saturated heterocycles. The molecule has 84 valence electrons. The molecule has 0 aliphatic carbocycles. The summed E-state index contributed by atoms with van der Waals surface area (Å²) in [4.78, 5) is 12.7. The maximum Gasteiger partial charge on any atom is 0.271 e. The molecule has 0 amide bonds. The van der Waals surface area contributed by atoms with Crippen LogP contribution in [-0.4, -0.2) is 17.5 Å². The molecule has 0 atom stereocenters. The van der Waals surface area contributed by atoms with Gasteiger partial charge in [0, 0.05) is 24.4 Å². The summed E-state index contributed by atoms with van der Waals surface area (Å²) in [6, 6.07) is 7.70. The molecule has 1 aliphatic heterocycles. The van der Waals surface area contributed by atoms with Gasteiger partial charge in [-0.1, -0.05) is 18.2 Å². The highest BCUT2D eigenvalue weighted by atomic mass is 16.6. The number of nitrogens with zero attached hydrogens (tertiary/aromatic N) is 2. The topological polar surface area (TPSA) is 46.4 Å². The SMILES string of the molecule is CN1c2ccccc2C=C([N+](=O)[O-])C1(C)C. The van der Waals surface area contributed by atoms with E-state index in [0.29, 0.717) is 0 Å². The summed E-state index contributed by atoms with van der Waals surface area (Å²) in [6.07, 6.45) is 1.66. The van der Waals surface area contributed by atoms with E-state index in [-0.39, 0.29) is 10.6 Å². The third-order valence-electron chi connectivity index (χ3n) is 3.25. The van der Waals surface area contributed by atoms with Crippen molar-refractivity contribution >= 4 is 11.8 Å². The van der Waals surface area contributed by atoms with E-state index in [4.69, 9.17) is 0 Å². The molecule has 1 heterocycles. The van der Waals surface area contributed by atoms with Crippen LogP contribution in [0.4, 0.5) is 5.69 Å². The van der Waals surface area contributed by atoms with Crippen molar-refractivity contribution in [3.63, 3.8) is 0 Å². The van der Waals surface area contributed by atoms with Crippen LogP contribution in [0.25, 0.3) is 6.08 Å². The fraction of sp³-hybridized carbons (Fsp3) is 0.333. The summed E-state index contributed by atoms with van der Waals surface area (Å²) in [5.41, 5.74) is 1.57. The summed E-state index contributed by atoms with van der Waals surface area (Å²) in [6.45, 7) is 3.72. The van der Waals surface area contributed by atoms with Crippen LogP contribution in [0.3, 0.4) is 0 Å². The maximum absolute atomic E-state index is 11.0. The van der Waals surface area contributed by atoms with Crippen LogP contribution < -0.4 is 4.90 Å². The Balaban J connectivity index is 2.65. The molecule has 0 bridgehead atoms. The summed E-state index contributed by atoms with van der Waals surface area (Å²) < 4.78 is 0. The summed E-state index contributed by atoms with van der Waals surface area (Å²) in [5, 5.41) is 11.0. The van der Waals surface area contributed by atoms with E-state index in [2.05, 4.69) is 0 Å². The highest BCUT2D eigenvalue weighted by Crippen LogP contribution is 2.37. The van der Waals surface area contributed by atoms with Gasteiger partial charge in [-0.25, -0.2) is 0 Å². The smallest absolute Gasteiger partial charge is 0.271 e. The zero-order chi connectivity index (χ0) is 11.9. The summed E-state index contributed by atoms with van der Waals surface area (Å²) >= 11 is 0. The van der Waals surface area contributed by atoms with Crippen LogP contribution in [-0.2, 0) is 0 Å². The second-order valence-corrected chi connectivity index (χ2v) is 4.46. The van der Waals surface area contributed by atoms with Crippen LogP contribution in [0, 0.1) is 10.1 Å². The van der Waals surface area contributed by atoms with Gasteiger partial charge in [0.2, 0.25) is 0 Å². The first kappa shape index (κ1) is 10.7. The van der Waals surface area contributed by atoms with E-state index < -0.39 is 5.54 Å². The fourth-order valence-electron chi connectivity index (χ4n) is 1.99. The molecule has 0 saturated carbocycles. The van der Waals surface area contributed by atoms with Crippen LogP contribution in [0.15, 0.2) is 30.0 Å². The number of hydrogen-bond acceptors (Lipinski definition) is 3. The Hall–Kier alpha value is -1.84. The Morgan fingerprint density at radius 1 is 1.31 bits per heavy atom. The Kier molecular flexibility index (Phi) is 2.22. The number of anilines is 1. The van der Waals surface area contributed by atoms with Crippen LogP contribution >= 0.6 is 0 Å². The lowest BCUT2D eigenvalue weighted by molar-refractivity contribution is -0.432. The minimum absolute atomic E-state index is 0.230. The van der Waals surface area contributed by atoms with Crippen LogP contribution in [0.2, 0.25) is 0 Å². The molecule has 1 aromatic rings. The molecule has 0 radical (unpaired) electrons. The standard InChI is InChI=1S/C12H14N2O2/c1-12(2)11(14(15)16)8-9-6-4-5-7-10(9)13(12)3/h4-8H,1-3H3. The first-order valence-corrected chi connectivity index (χ1v) is 5.14. The van der Waals surface area contributed by atoms with Crippen molar-refractivity contribution in [2.45, 2.75) is 19.4 Å². The van der Waals surface area contributed by atoms with Gasteiger partial charge in [-0.3, -0.25) is 10.1 Å². The average Bonchev–Trinajstić information content (AvgIpc) is 2.23. The first-order valence-electron chi connectivity index (χ1n) is 5.14. The van der Waals surface area contributed by atoms with Crippen LogP contribution in [0.1, 0.15) is 19.4 Å². The number of hydrogen-bond donors (Lipinski definition) is 0. The summed E-state index contributed by atoms with van der Waals surface area (Å²) in [7, 11) is 1.88. The first-order chi connectivity index (χ1) is 7.44. The molecule has 0 spiro atoms. The molecular formula is C12H14N2O2. The molecule has 16 heavy (non-hydrogen) atoms. The molecule has 0 N–H and O–H groups in total. The molecule has 1 aromatic carbocycles. The van der Waals surface area contributed by atoms with E-state index >= 15 is 0 Å². The third kappa shape index (κ3) is 1.38. The Labute approximate surface area is 94.3 Å². The van der Waals surface area contributed by atoms with Crippen molar-refractivity contribution in [1.29, 1.82) is 0 Å². The third-order valence-corrected chi connectivity index (χ3v) is 3.25. The monoisotopic (exact) mass is 218 g/mol. The van der Waals surface area contributed by atoms with Gasteiger partial charge in [0.15, 0.2) is 0 Å². The van der Waals surface area contributed by atoms with Crippen molar-refractivity contribution in [1.82, 2.24) is 0 Å². The van der Waals surface area contributed by atoms with Crippen molar-refractivity contribution in [2.75, 3.05) is 11.9 Å². The molecule has 4 heteroatoms. The van der Waals surface area contributed by atoms with Gasteiger partial charge >= 0.3 is 0 Å². The Bertz CT molecular complexity index is 478. The quantitative estimate of drug-likeness (QED) is 0.537. The number of likely N-dealkylation sites (N-methyl/N-ethyl adjacent to an activating group) is 1. The maximum atomic E-state index is 11.0. The average molecular weight is 218 g/mol. The van der Waals surface area contributed by atoms with Gasteiger partial charge in [-0.05, 0) is 19.9 Å². The molecule has 0 fully saturated rings. The molecule has 4 nitrogen and oxygen atoms in total. The highest BCUT2D eigenvalue weighted by molar-refractivity contribution is 5.74. The number of rotatable bonds is 1. The molecule has 0 aromatic heterocycles. The normalized spacial score (nSPS) is 17.7. The van der Waals surface area contributed by atoms with Crippen molar-refractivity contribution in [3.8, 4) is 0 Å². The molecule has 0 unspecified atom stereocenters. The zero-order valence-corrected chi connectivity index (χ0v) is 9.60. The van der Waals surface area contributed by atoms with Crippen molar-refractivity contribution in [2.24, 2.45) is 0 Å². The predicted octanol–water partition coefficient (Wildman–Crippen LogP) is 2.53. The van der Waals surface area contributed by atoms with E-state index in [1.807, 2.05) is 50.1 Å². The number of benzene rings is 1. The van der Waals surface area contributed by atoms with E-state index in [1.54, 1.807) is 6.08 Å². The van der Waals surface area contributed by atoms with Gasteiger partial charge in [0.25, 0.3) is 5.70 Å². The molecule has 1 aliphatic rings. The second-order valence-electron chi connectivity index (χ2n) is 4.46. The van der Waals surface area contributed by atoms with Crippen LogP contribution in [0.5, 0.6) is 0 Å². The summed E-state index contributed by atoms with van der Waals surface area (Å²) in [5.74, 6) is 0. The minimum Gasteiger partial charge on any atom is -0.359 e. The number of fused-ring (bicyclic) bond motifs is 1. The van der Waals surface area contributed by atoms with Crippen molar-refractivity contribution in [3.05, 3.63) is 45.6 Å². The Morgan fingerprint density at radius 2 is 1.94 bits per heavy atom. The minimum atomic E-state index is -0.585. The van der Waals surface area contributed by atoms with Gasteiger partial charge in [0.1, 0.15) is 5.54 Å². The lowest BCUT2D eigenvalue weighted by atomic mass is 9.91. The molecular weight excluding hydrogens is 204 g/mol. The fourth-order valence-corrected chi connectivity index (χ4v) is 1.99. The van der Waals surface area contributed by atoms with Gasteiger partial charge in [0.05, 0.1) is 4.92 Å². The zero-order valence-electron chi connectivity index (χ0n) is 9.60. The largest absolute Gasteiger partial charge is 0.359 e. The second kappa shape index (κ2) is 3.33. The predicted molar refractivity (Wildman–Crippen MR) is 63.9 cm³/mol. The van der Waals surface area contributed by atoms with E-state index in [9.17, 15) is 10.1 Å². The van der Waals surface area contributed by atoms with E-state index in [1.165, 1.54) is 0 Å².